The first-order valence-electron chi connectivity index (χ1n) is 6.41. The van der Waals surface area contributed by atoms with Crippen LogP contribution in [-0.2, 0) is 6.54 Å². The van der Waals surface area contributed by atoms with E-state index in [2.05, 4.69) is 34.1 Å². The predicted octanol–water partition coefficient (Wildman–Crippen LogP) is 1.80. The van der Waals surface area contributed by atoms with Crippen molar-refractivity contribution in [2.24, 2.45) is 0 Å². The maximum Gasteiger partial charge on any atom is 0.135 e. The Balaban J connectivity index is 2.06. The van der Waals surface area contributed by atoms with Crippen LogP contribution in [-0.4, -0.2) is 26.1 Å². The van der Waals surface area contributed by atoms with E-state index in [1.165, 1.54) is 0 Å². The van der Waals surface area contributed by atoms with Gasteiger partial charge in [-0.05, 0) is 6.92 Å². The van der Waals surface area contributed by atoms with Crippen molar-refractivity contribution in [1.82, 2.24) is 19.5 Å². The van der Waals surface area contributed by atoms with Crippen LogP contribution < -0.4 is 11.1 Å². The third kappa shape index (κ3) is 3.21. The van der Waals surface area contributed by atoms with E-state index in [0.717, 1.165) is 30.3 Å². The van der Waals surface area contributed by atoms with Gasteiger partial charge >= 0.3 is 0 Å². The van der Waals surface area contributed by atoms with E-state index in [1.807, 2.05) is 17.7 Å². The van der Waals surface area contributed by atoms with E-state index in [9.17, 15) is 0 Å². The molecule has 6 nitrogen and oxygen atoms in total. The van der Waals surface area contributed by atoms with Crippen molar-refractivity contribution in [1.29, 1.82) is 0 Å². The molecular weight excluding hydrogens is 240 g/mol. The zero-order valence-electron chi connectivity index (χ0n) is 11.6. The zero-order chi connectivity index (χ0) is 13.8. The molecule has 6 heteroatoms. The van der Waals surface area contributed by atoms with Crippen LogP contribution in [0.25, 0.3) is 0 Å². The number of nitrogens with one attached hydrogen (secondary N) is 1. The Morgan fingerprint density at radius 1 is 1.37 bits per heavy atom. The molecule has 0 aliphatic rings. The van der Waals surface area contributed by atoms with Gasteiger partial charge in [0.2, 0.25) is 0 Å². The molecule has 2 aromatic rings. The molecule has 0 saturated carbocycles. The van der Waals surface area contributed by atoms with Crippen LogP contribution in [0.4, 0.5) is 11.6 Å². The first-order valence-corrected chi connectivity index (χ1v) is 6.41. The van der Waals surface area contributed by atoms with Crippen molar-refractivity contribution in [3.8, 4) is 0 Å². The molecule has 0 aliphatic heterocycles. The summed E-state index contributed by atoms with van der Waals surface area (Å²) in [5.41, 5.74) is 6.82. The summed E-state index contributed by atoms with van der Waals surface area (Å²) in [5.74, 6) is 2.39. The summed E-state index contributed by atoms with van der Waals surface area (Å²) in [4.78, 5) is 12.8. The van der Waals surface area contributed by atoms with Crippen molar-refractivity contribution >= 4 is 11.6 Å². The van der Waals surface area contributed by atoms with E-state index in [0.29, 0.717) is 5.82 Å². The van der Waals surface area contributed by atoms with Gasteiger partial charge in [-0.1, -0.05) is 13.8 Å². The minimum Gasteiger partial charge on any atom is -0.383 e. The number of nitrogens with two attached hydrogens (primary N) is 1. The largest absolute Gasteiger partial charge is 0.383 e. The Morgan fingerprint density at radius 2 is 2.16 bits per heavy atom. The van der Waals surface area contributed by atoms with E-state index in [4.69, 9.17) is 5.73 Å². The highest BCUT2D eigenvalue weighted by atomic mass is 15.1. The normalized spacial score (nSPS) is 10.9. The fraction of sp³-hybridized carbons (Fsp3) is 0.462. The lowest BCUT2D eigenvalue weighted by Crippen LogP contribution is -2.14. The topological polar surface area (TPSA) is 81.6 Å². The first kappa shape index (κ1) is 13.3. The van der Waals surface area contributed by atoms with Gasteiger partial charge in [0, 0.05) is 37.0 Å². The zero-order valence-corrected chi connectivity index (χ0v) is 11.6. The summed E-state index contributed by atoms with van der Waals surface area (Å²) in [5, 5.41) is 3.31. The second-order valence-electron chi connectivity index (χ2n) is 4.82. The number of rotatable bonds is 5. The van der Waals surface area contributed by atoms with E-state index in [1.54, 1.807) is 12.5 Å². The number of anilines is 2. The standard InChI is InChI=1S/C13H20N6/c1-9(2)12-17-11(14)10(3)13(18-12)16-5-7-19-6-4-15-8-19/h4,6,8-9H,5,7H2,1-3H3,(H3,14,16,17,18). The lowest BCUT2D eigenvalue weighted by atomic mass is 10.2. The van der Waals surface area contributed by atoms with Crippen molar-refractivity contribution in [2.75, 3.05) is 17.6 Å². The number of hydrogen-bond acceptors (Lipinski definition) is 5. The molecule has 19 heavy (non-hydrogen) atoms. The molecule has 0 fully saturated rings. The van der Waals surface area contributed by atoms with Crippen molar-refractivity contribution in [2.45, 2.75) is 33.2 Å². The van der Waals surface area contributed by atoms with Crippen molar-refractivity contribution in [3.63, 3.8) is 0 Å². The van der Waals surface area contributed by atoms with Crippen LogP contribution in [0.1, 0.15) is 31.2 Å². The summed E-state index contributed by atoms with van der Waals surface area (Å²) in [7, 11) is 0. The second-order valence-corrected chi connectivity index (χ2v) is 4.82. The lowest BCUT2D eigenvalue weighted by molar-refractivity contribution is 0.720. The number of nitrogen functional groups attached to an aromatic ring is 1. The summed E-state index contributed by atoms with van der Waals surface area (Å²) >= 11 is 0. The second kappa shape index (κ2) is 5.69. The van der Waals surface area contributed by atoms with Crippen molar-refractivity contribution in [3.05, 3.63) is 30.1 Å². The third-order valence-electron chi connectivity index (χ3n) is 2.94. The van der Waals surface area contributed by atoms with Gasteiger partial charge in [-0.2, -0.15) is 0 Å². The number of nitrogens with zero attached hydrogens (tertiary/aromatic N) is 4. The molecule has 0 saturated heterocycles. The molecule has 0 atom stereocenters. The first-order chi connectivity index (χ1) is 9.08. The minimum absolute atomic E-state index is 0.261. The summed E-state index contributed by atoms with van der Waals surface area (Å²) in [6.07, 6.45) is 5.50. The maximum atomic E-state index is 5.92. The molecule has 2 aromatic heterocycles. The summed E-state index contributed by atoms with van der Waals surface area (Å²) in [6, 6.07) is 0. The Hall–Kier alpha value is -2.11. The lowest BCUT2D eigenvalue weighted by Gasteiger charge is -2.13. The van der Waals surface area contributed by atoms with E-state index < -0.39 is 0 Å². The highest BCUT2D eigenvalue weighted by Crippen LogP contribution is 2.20. The summed E-state index contributed by atoms with van der Waals surface area (Å²) in [6.45, 7) is 7.64. The van der Waals surface area contributed by atoms with Crippen molar-refractivity contribution < 1.29 is 0 Å². The third-order valence-corrected chi connectivity index (χ3v) is 2.94. The van der Waals surface area contributed by atoms with E-state index in [-0.39, 0.29) is 5.92 Å². The van der Waals surface area contributed by atoms with Crippen LogP contribution in [0.5, 0.6) is 0 Å². The van der Waals surface area contributed by atoms with Crippen LogP contribution in [0.15, 0.2) is 18.7 Å². The molecule has 0 amide bonds. The molecular formula is C13H20N6. The fourth-order valence-corrected chi connectivity index (χ4v) is 1.70. The number of imidazole rings is 1. The highest BCUT2D eigenvalue weighted by molar-refractivity contribution is 5.54. The fourth-order valence-electron chi connectivity index (χ4n) is 1.70. The molecule has 0 aromatic carbocycles. The van der Waals surface area contributed by atoms with Gasteiger partial charge in [0.15, 0.2) is 0 Å². The molecule has 3 N–H and O–H groups in total. The van der Waals surface area contributed by atoms with E-state index >= 15 is 0 Å². The Morgan fingerprint density at radius 3 is 2.79 bits per heavy atom. The monoisotopic (exact) mass is 260 g/mol. The smallest absolute Gasteiger partial charge is 0.135 e. The minimum atomic E-state index is 0.261. The highest BCUT2D eigenvalue weighted by Gasteiger charge is 2.10. The molecule has 0 spiro atoms. The number of aromatic nitrogens is 4. The maximum absolute atomic E-state index is 5.92. The van der Waals surface area contributed by atoms with Gasteiger partial charge in [-0.3, -0.25) is 0 Å². The molecule has 0 unspecified atom stereocenters. The summed E-state index contributed by atoms with van der Waals surface area (Å²) < 4.78 is 2.01. The van der Waals surface area contributed by atoms with Gasteiger partial charge in [0.25, 0.3) is 0 Å². The predicted molar refractivity (Wildman–Crippen MR) is 76.0 cm³/mol. The van der Waals surface area contributed by atoms with Gasteiger partial charge in [0.1, 0.15) is 17.5 Å². The van der Waals surface area contributed by atoms with Gasteiger partial charge in [-0.25, -0.2) is 15.0 Å². The molecule has 0 radical (unpaired) electrons. The SMILES string of the molecule is Cc1c(N)nc(C(C)C)nc1NCCn1ccnc1. The van der Waals surface area contributed by atoms with Gasteiger partial charge in [-0.15, -0.1) is 0 Å². The Bertz CT molecular complexity index is 532. The van der Waals surface area contributed by atoms with Crippen LogP contribution in [0, 0.1) is 6.92 Å². The van der Waals surface area contributed by atoms with Crippen LogP contribution in [0.2, 0.25) is 0 Å². The quantitative estimate of drug-likeness (QED) is 0.856. The molecule has 0 aliphatic carbocycles. The van der Waals surface area contributed by atoms with Gasteiger partial charge in [0.05, 0.1) is 6.33 Å². The van der Waals surface area contributed by atoms with Gasteiger partial charge < -0.3 is 15.6 Å². The Labute approximate surface area is 113 Å². The molecule has 2 heterocycles. The average molecular weight is 260 g/mol. The average Bonchev–Trinajstić information content (AvgIpc) is 2.87. The Kier molecular flexibility index (Phi) is 3.99. The number of hydrogen-bond donors (Lipinski definition) is 2. The molecule has 0 bridgehead atoms. The van der Waals surface area contributed by atoms with Crippen LogP contribution in [0.3, 0.4) is 0 Å². The molecule has 102 valence electrons. The molecule has 2 rings (SSSR count). The van der Waals surface area contributed by atoms with Crippen LogP contribution >= 0.6 is 0 Å².